The lowest BCUT2D eigenvalue weighted by Crippen LogP contribution is -2.08. The number of anilines is 1. The molecular formula is C19H19ClN4O. The van der Waals surface area contributed by atoms with E-state index in [-0.39, 0.29) is 0 Å². The monoisotopic (exact) mass is 354 g/mol. The quantitative estimate of drug-likeness (QED) is 0.760. The molecule has 3 aromatic rings. The number of ether oxygens (including phenoxy) is 1. The van der Waals surface area contributed by atoms with Gasteiger partial charge in [-0.25, -0.2) is 4.68 Å². The van der Waals surface area contributed by atoms with E-state index in [0.717, 1.165) is 54.3 Å². The van der Waals surface area contributed by atoms with Crippen LogP contribution in [0.25, 0.3) is 16.9 Å². The molecule has 1 N–H and O–H groups in total. The number of benzene rings is 1. The number of nitrogens with one attached hydrogen (secondary N) is 1. The van der Waals surface area contributed by atoms with Gasteiger partial charge in [-0.05, 0) is 49.6 Å². The summed E-state index contributed by atoms with van der Waals surface area (Å²) < 4.78 is 7.44. The third-order valence-electron chi connectivity index (χ3n) is 4.43. The van der Waals surface area contributed by atoms with Crippen LogP contribution in [0.2, 0.25) is 5.02 Å². The van der Waals surface area contributed by atoms with Crippen LogP contribution in [0.1, 0.15) is 18.4 Å². The van der Waals surface area contributed by atoms with Crippen LogP contribution in [0, 0.1) is 0 Å². The first-order valence-electron chi connectivity index (χ1n) is 8.38. The van der Waals surface area contributed by atoms with Crippen LogP contribution in [0.15, 0.2) is 42.7 Å². The number of pyridine rings is 1. The molecule has 4 rings (SSSR count). The van der Waals surface area contributed by atoms with Crippen molar-refractivity contribution in [3.8, 4) is 22.7 Å². The fourth-order valence-electron chi connectivity index (χ4n) is 3.24. The van der Waals surface area contributed by atoms with Crippen molar-refractivity contribution in [2.45, 2.75) is 19.3 Å². The van der Waals surface area contributed by atoms with Gasteiger partial charge >= 0.3 is 0 Å². The van der Waals surface area contributed by atoms with Crippen molar-refractivity contribution in [2.24, 2.45) is 0 Å². The Morgan fingerprint density at radius 3 is 2.96 bits per heavy atom. The van der Waals surface area contributed by atoms with Crippen molar-refractivity contribution in [1.29, 1.82) is 0 Å². The molecule has 0 fully saturated rings. The van der Waals surface area contributed by atoms with Crippen molar-refractivity contribution >= 4 is 17.4 Å². The summed E-state index contributed by atoms with van der Waals surface area (Å²) in [6.45, 7) is 0.925. The molecule has 1 aromatic carbocycles. The maximum atomic E-state index is 6.24. The largest absolute Gasteiger partial charge is 0.494 e. The predicted molar refractivity (Wildman–Crippen MR) is 99.8 cm³/mol. The number of rotatable bonds is 3. The van der Waals surface area contributed by atoms with E-state index >= 15 is 0 Å². The Hall–Kier alpha value is -2.53. The van der Waals surface area contributed by atoms with E-state index in [1.807, 2.05) is 41.2 Å². The first-order valence-corrected chi connectivity index (χ1v) is 8.76. The second kappa shape index (κ2) is 6.76. The molecular weight excluding hydrogens is 336 g/mol. The number of nitrogens with zero attached hydrogens (tertiary/aromatic N) is 3. The molecule has 0 saturated heterocycles. The molecule has 0 radical (unpaired) electrons. The number of hydrogen-bond donors (Lipinski definition) is 1. The van der Waals surface area contributed by atoms with E-state index in [0.29, 0.717) is 5.02 Å². The maximum Gasteiger partial charge on any atom is 0.144 e. The predicted octanol–water partition coefficient (Wildman–Crippen LogP) is 4.34. The van der Waals surface area contributed by atoms with Crippen LogP contribution in [0.3, 0.4) is 0 Å². The van der Waals surface area contributed by atoms with Gasteiger partial charge in [0.05, 0.1) is 12.8 Å². The molecule has 1 aliphatic rings. The zero-order valence-electron chi connectivity index (χ0n) is 14.0. The van der Waals surface area contributed by atoms with Crippen molar-refractivity contribution in [1.82, 2.24) is 14.8 Å². The molecule has 0 atom stereocenters. The Kier molecular flexibility index (Phi) is 4.32. The summed E-state index contributed by atoms with van der Waals surface area (Å²) in [7, 11) is 1.66. The second-order valence-corrected chi connectivity index (χ2v) is 6.47. The third kappa shape index (κ3) is 2.96. The topological polar surface area (TPSA) is 52.0 Å². The second-order valence-electron chi connectivity index (χ2n) is 6.03. The Balaban J connectivity index is 1.95. The van der Waals surface area contributed by atoms with E-state index < -0.39 is 0 Å². The van der Waals surface area contributed by atoms with E-state index in [9.17, 15) is 0 Å². The smallest absolute Gasteiger partial charge is 0.144 e. The zero-order valence-corrected chi connectivity index (χ0v) is 14.8. The molecule has 128 valence electrons. The van der Waals surface area contributed by atoms with Gasteiger partial charge in [-0.2, -0.15) is 5.10 Å². The van der Waals surface area contributed by atoms with Crippen molar-refractivity contribution < 1.29 is 4.74 Å². The van der Waals surface area contributed by atoms with Gasteiger partial charge in [-0.3, -0.25) is 4.98 Å². The first-order chi connectivity index (χ1) is 12.3. The van der Waals surface area contributed by atoms with Gasteiger partial charge in [0.2, 0.25) is 0 Å². The van der Waals surface area contributed by atoms with Crippen LogP contribution >= 0.6 is 11.6 Å². The normalized spacial score (nSPS) is 13.7. The molecule has 3 heterocycles. The Bertz CT molecular complexity index is 892. The molecule has 25 heavy (non-hydrogen) atoms. The number of halogens is 1. The summed E-state index contributed by atoms with van der Waals surface area (Å²) in [5.41, 5.74) is 4.02. The number of hydrogen-bond acceptors (Lipinski definition) is 4. The minimum Gasteiger partial charge on any atom is -0.494 e. The molecule has 1 aliphatic heterocycles. The van der Waals surface area contributed by atoms with Gasteiger partial charge in [-0.15, -0.1) is 0 Å². The highest BCUT2D eigenvalue weighted by Gasteiger charge is 2.23. The van der Waals surface area contributed by atoms with Crippen molar-refractivity contribution in [2.75, 3.05) is 19.0 Å². The summed E-state index contributed by atoms with van der Waals surface area (Å²) in [5, 5.41) is 9.08. The summed E-state index contributed by atoms with van der Waals surface area (Å²) in [5.74, 6) is 1.75. The van der Waals surface area contributed by atoms with Crippen LogP contribution in [-0.4, -0.2) is 28.4 Å². The standard InChI is InChI=1S/C19H19ClN4O/c1-25-17-8-7-14(20)11-16(17)24-19-15(6-2-3-10-22-19)18(23-24)13-5-4-9-21-12-13/h4-5,7-9,11-12,22H,2-3,6,10H2,1H3. The van der Waals surface area contributed by atoms with Gasteiger partial charge in [0, 0.05) is 35.1 Å². The highest BCUT2D eigenvalue weighted by Crippen LogP contribution is 2.36. The van der Waals surface area contributed by atoms with Crippen LogP contribution in [0.5, 0.6) is 5.75 Å². The lowest BCUT2D eigenvalue weighted by Gasteiger charge is -2.13. The van der Waals surface area contributed by atoms with E-state index in [1.54, 1.807) is 13.3 Å². The maximum absolute atomic E-state index is 6.24. The van der Waals surface area contributed by atoms with E-state index in [1.165, 1.54) is 5.56 Å². The molecule has 0 spiro atoms. The summed E-state index contributed by atoms with van der Waals surface area (Å²) in [6.07, 6.45) is 6.87. The summed E-state index contributed by atoms with van der Waals surface area (Å²) >= 11 is 6.24. The molecule has 5 nitrogen and oxygen atoms in total. The van der Waals surface area contributed by atoms with Crippen molar-refractivity contribution in [3.05, 3.63) is 53.3 Å². The minimum atomic E-state index is 0.650. The Morgan fingerprint density at radius 2 is 2.16 bits per heavy atom. The average Bonchev–Trinajstić information content (AvgIpc) is 2.83. The minimum absolute atomic E-state index is 0.650. The van der Waals surface area contributed by atoms with Gasteiger partial charge in [0.15, 0.2) is 0 Å². The van der Waals surface area contributed by atoms with Crippen LogP contribution in [-0.2, 0) is 6.42 Å². The van der Waals surface area contributed by atoms with Gasteiger partial charge in [0.25, 0.3) is 0 Å². The van der Waals surface area contributed by atoms with E-state index in [4.69, 9.17) is 21.4 Å². The van der Waals surface area contributed by atoms with Crippen LogP contribution in [0.4, 0.5) is 5.82 Å². The zero-order chi connectivity index (χ0) is 17.2. The number of methoxy groups -OCH3 is 1. The molecule has 0 saturated carbocycles. The van der Waals surface area contributed by atoms with Gasteiger partial charge in [-0.1, -0.05) is 11.6 Å². The molecule has 0 unspecified atom stereocenters. The third-order valence-corrected chi connectivity index (χ3v) is 4.67. The highest BCUT2D eigenvalue weighted by molar-refractivity contribution is 6.30. The van der Waals surface area contributed by atoms with E-state index in [2.05, 4.69) is 10.3 Å². The lowest BCUT2D eigenvalue weighted by atomic mass is 10.1. The fourth-order valence-corrected chi connectivity index (χ4v) is 3.41. The Labute approximate surface area is 151 Å². The lowest BCUT2D eigenvalue weighted by molar-refractivity contribution is 0.412. The molecule has 0 aliphatic carbocycles. The summed E-state index contributed by atoms with van der Waals surface area (Å²) in [4.78, 5) is 4.25. The average molecular weight is 355 g/mol. The molecule has 0 bridgehead atoms. The number of fused-ring (bicyclic) bond motifs is 1. The fraction of sp³-hybridized carbons (Fsp3) is 0.263. The number of aromatic nitrogens is 3. The first kappa shape index (κ1) is 16.0. The SMILES string of the molecule is COc1ccc(Cl)cc1-n1nc(-c2cccnc2)c2c1NCCCC2. The van der Waals surface area contributed by atoms with Gasteiger partial charge in [0.1, 0.15) is 17.3 Å². The summed E-state index contributed by atoms with van der Waals surface area (Å²) in [6, 6.07) is 9.55. The van der Waals surface area contributed by atoms with Gasteiger partial charge < -0.3 is 10.1 Å². The molecule has 6 heteroatoms. The Morgan fingerprint density at radius 1 is 1.24 bits per heavy atom. The molecule has 2 aromatic heterocycles. The van der Waals surface area contributed by atoms with Crippen LogP contribution < -0.4 is 10.1 Å². The van der Waals surface area contributed by atoms with Crippen molar-refractivity contribution in [3.63, 3.8) is 0 Å². The molecule has 0 amide bonds. The highest BCUT2D eigenvalue weighted by atomic mass is 35.5.